The van der Waals surface area contributed by atoms with Crippen LogP contribution in [0.1, 0.15) is 39.2 Å². The Hall–Kier alpha value is -3.11. The van der Waals surface area contributed by atoms with Crippen LogP contribution in [0, 0.1) is 11.3 Å². The van der Waals surface area contributed by atoms with Gasteiger partial charge in [-0.1, -0.05) is 12.1 Å². The van der Waals surface area contributed by atoms with E-state index in [4.69, 9.17) is 9.47 Å². The SMILES string of the molecule is COC(=O)c1c(NC(=O)C(C#N)=Cc2cccc(OC)c2)sc2c1CCCC2. The number of hydrogen-bond acceptors (Lipinski definition) is 6. The lowest BCUT2D eigenvalue weighted by molar-refractivity contribution is -0.112. The van der Waals surface area contributed by atoms with Crippen molar-refractivity contribution in [1.82, 2.24) is 0 Å². The molecular weight excluding hydrogens is 376 g/mol. The molecule has 1 aliphatic rings. The van der Waals surface area contributed by atoms with Crippen LogP contribution in [0.3, 0.4) is 0 Å². The number of nitriles is 1. The third-order valence-corrected chi connectivity index (χ3v) is 5.76. The number of ether oxygens (including phenoxy) is 2. The predicted molar refractivity (Wildman–Crippen MR) is 108 cm³/mol. The molecule has 1 heterocycles. The lowest BCUT2D eigenvalue weighted by Crippen LogP contribution is -2.16. The summed E-state index contributed by atoms with van der Waals surface area (Å²) in [5.41, 5.74) is 1.98. The Kier molecular flexibility index (Phi) is 6.12. The highest BCUT2D eigenvalue weighted by Crippen LogP contribution is 2.38. The smallest absolute Gasteiger partial charge is 0.341 e. The summed E-state index contributed by atoms with van der Waals surface area (Å²) in [5.74, 6) is -0.399. The van der Waals surface area contributed by atoms with Gasteiger partial charge in [0.05, 0.1) is 19.8 Å². The number of anilines is 1. The molecule has 144 valence electrons. The van der Waals surface area contributed by atoms with Crippen LogP contribution in [0.25, 0.3) is 6.08 Å². The van der Waals surface area contributed by atoms with Gasteiger partial charge in [0.1, 0.15) is 22.4 Å². The number of amides is 1. The third kappa shape index (κ3) is 4.07. The Bertz CT molecular complexity index is 985. The molecular formula is C21H20N2O4S. The number of nitrogens with one attached hydrogen (secondary N) is 1. The second-order valence-electron chi connectivity index (χ2n) is 6.31. The number of fused-ring (bicyclic) bond motifs is 1. The fourth-order valence-corrected chi connectivity index (χ4v) is 4.46. The van der Waals surface area contributed by atoms with Crippen LogP contribution in [-0.4, -0.2) is 26.1 Å². The van der Waals surface area contributed by atoms with E-state index >= 15 is 0 Å². The Labute approximate surface area is 167 Å². The highest BCUT2D eigenvalue weighted by Gasteiger charge is 2.27. The molecule has 3 rings (SSSR count). The van der Waals surface area contributed by atoms with Gasteiger partial charge >= 0.3 is 5.97 Å². The lowest BCUT2D eigenvalue weighted by atomic mass is 9.95. The molecule has 0 saturated heterocycles. The fourth-order valence-electron chi connectivity index (χ4n) is 3.19. The van der Waals surface area contributed by atoms with E-state index in [9.17, 15) is 14.9 Å². The number of esters is 1. The number of nitrogens with zero attached hydrogens (tertiary/aromatic N) is 1. The van der Waals surface area contributed by atoms with Crippen LogP contribution in [0.2, 0.25) is 0 Å². The Balaban J connectivity index is 1.91. The van der Waals surface area contributed by atoms with Crippen molar-refractivity contribution < 1.29 is 19.1 Å². The molecule has 0 aliphatic heterocycles. The molecule has 0 saturated carbocycles. The molecule has 1 aromatic carbocycles. The molecule has 0 atom stereocenters. The number of rotatable bonds is 5. The summed E-state index contributed by atoms with van der Waals surface area (Å²) in [6.07, 6.45) is 5.21. The molecule has 7 heteroatoms. The second kappa shape index (κ2) is 8.72. The van der Waals surface area contributed by atoms with Crippen molar-refractivity contribution in [3.63, 3.8) is 0 Å². The van der Waals surface area contributed by atoms with E-state index in [-0.39, 0.29) is 5.57 Å². The zero-order chi connectivity index (χ0) is 20.1. The van der Waals surface area contributed by atoms with Gasteiger partial charge in [-0.3, -0.25) is 4.79 Å². The molecule has 0 fully saturated rings. The minimum atomic E-state index is -0.561. The number of carbonyl (C=O) groups excluding carboxylic acids is 2. The van der Waals surface area contributed by atoms with Gasteiger partial charge in [-0.15, -0.1) is 11.3 Å². The first kappa shape index (κ1) is 19.6. The highest BCUT2D eigenvalue weighted by molar-refractivity contribution is 7.17. The topological polar surface area (TPSA) is 88.4 Å². The van der Waals surface area contributed by atoms with Crippen molar-refractivity contribution in [2.45, 2.75) is 25.7 Å². The maximum atomic E-state index is 12.7. The zero-order valence-electron chi connectivity index (χ0n) is 15.7. The zero-order valence-corrected chi connectivity index (χ0v) is 16.5. The van der Waals surface area contributed by atoms with E-state index < -0.39 is 11.9 Å². The van der Waals surface area contributed by atoms with Crippen LogP contribution in [0.15, 0.2) is 29.8 Å². The first-order valence-electron chi connectivity index (χ1n) is 8.87. The Morgan fingerprint density at radius 2 is 2.04 bits per heavy atom. The summed E-state index contributed by atoms with van der Waals surface area (Å²) in [6.45, 7) is 0. The van der Waals surface area contributed by atoms with Gasteiger partial charge in [-0.05, 0) is 55.0 Å². The summed E-state index contributed by atoms with van der Waals surface area (Å²) in [7, 11) is 2.87. The predicted octanol–water partition coefficient (Wildman–Crippen LogP) is 3.97. The first-order chi connectivity index (χ1) is 13.6. The average Bonchev–Trinajstić information content (AvgIpc) is 3.09. The molecule has 2 aromatic rings. The van der Waals surface area contributed by atoms with Crippen LogP contribution >= 0.6 is 11.3 Å². The van der Waals surface area contributed by atoms with E-state index in [1.807, 2.05) is 6.07 Å². The molecule has 0 unspecified atom stereocenters. The van der Waals surface area contributed by atoms with E-state index in [0.717, 1.165) is 36.1 Å². The summed E-state index contributed by atoms with van der Waals surface area (Å²) >= 11 is 1.38. The molecule has 28 heavy (non-hydrogen) atoms. The van der Waals surface area contributed by atoms with E-state index in [1.54, 1.807) is 31.4 Å². The fraction of sp³-hybridized carbons (Fsp3) is 0.286. The molecule has 1 N–H and O–H groups in total. The standard InChI is InChI=1S/C21H20N2O4S/c1-26-15-7-5-6-13(11-15)10-14(12-22)19(24)23-20-18(21(25)27-2)16-8-3-4-9-17(16)28-20/h5-7,10-11H,3-4,8-9H2,1-2H3,(H,23,24). The summed E-state index contributed by atoms with van der Waals surface area (Å²) in [5, 5.41) is 12.6. The molecule has 0 bridgehead atoms. The van der Waals surface area contributed by atoms with Gasteiger partial charge in [0.15, 0.2) is 0 Å². The van der Waals surface area contributed by atoms with Crippen LogP contribution in [-0.2, 0) is 22.4 Å². The minimum Gasteiger partial charge on any atom is -0.497 e. The Morgan fingerprint density at radius 3 is 2.75 bits per heavy atom. The summed E-state index contributed by atoms with van der Waals surface area (Å²) in [4.78, 5) is 26.1. The number of methoxy groups -OCH3 is 2. The van der Waals surface area contributed by atoms with Gasteiger partial charge in [0, 0.05) is 4.88 Å². The number of hydrogen-bond donors (Lipinski definition) is 1. The van der Waals surface area contributed by atoms with Crippen molar-refractivity contribution in [1.29, 1.82) is 5.26 Å². The number of benzene rings is 1. The molecule has 6 nitrogen and oxygen atoms in total. The van der Waals surface area contributed by atoms with E-state index in [0.29, 0.717) is 21.9 Å². The second-order valence-corrected chi connectivity index (χ2v) is 7.41. The van der Waals surface area contributed by atoms with Gasteiger partial charge in [-0.2, -0.15) is 5.26 Å². The average molecular weight is 396 g/mol. The normalized spacial score (nSPS) is 13.2. The van der Waals surface area contributed by atoms with Crippen LogP contribution in [0.4, 0.5) is 5.00 Å². The maximum absolute atomic E-state index is 12.7. The van der Waals surface area contributed by atoms with Gasteiger partial charge in [0.25, 0.3) is 5.91 Å². The lowest BCUT2D eigenvalue weighted by Gasteiger charge is -2.11. The first-order valence-corrected chi connectivity index (χ1v) is 9.69. The third-order valence-electron chi connectivity index (χ3n) is 4.56. The number of carbonyl (C=O) groups is 2. The van der Waals surface area contributed by atoms with Gasteiger partial charge in [0.2, 0.25) is 0 Å². The van der Waals surface area contributed by atoms with Crippen molar-refractivity contribution >= 4 is 34.3 Å². The summed E-state index contributed by atoms with van der Waals surface area (Å²) < 4.78 is 10.1. The largest absolute Gasteiger partial charge is 0.497 e. The molecule has 0 radical (unpaired) electrons. The molecule has 1 aromatic heterocycles. The van der Waals surface area contributed by atoms with Gasteiger partial charge in [-0.25, -0.2) is 4.79 Å². The Morgan fingerprint density at radius 1 is 1.25 bits per heavy atom. The van der Waals surface area contributed by atoms with Crippen molar-refractivity contribution in [3.8, 4) is 11.8 Å². The summed E-state index contributed by atoms with van der Waals surface area (Å²) in [6, 6.07) is 8.99. The van der Waals surface area contributed by atoms with Crippen LogP contribution in [0.5, 0.6) is 5.75 Å². The molecule has 1 amide bonds. The highest BCUT2D eigenvalue weighted by atomic mass is 32.1. The number of thiophene rings is 1. The van der Waals surface area contributed by atoms with Crippen LogP contribution < -0.4 is 10.1 Å². The van der Waals surface area contributed by atoms with E-state index in [2.05, 4.69) is 5.32 Å². The quantitative estimate of drug-likeness (QED) is 0.469. The molecule has 0 spiro atoms. The minimum absolute atomic E-state index is 0.0598. The number of aryl methyl sites for hydroxylation is 1. The van der Waals surface area contributed by atoms with E-state index in [1.165, 1.54) is 24.5 Å². The van der Waals surface area contributed by atoms with Crippen molar-refractivity contribution in [3.05, 3.63) is 51.4 Å². The molecule has 1 aliphatic carbocycles. The monoisotopic (exact) mass is 396 g/mol. The van der Waals surface area contributed by atoms with Gasteiger partial charge < -0.3 is 14.8 Å². The maximum Gasteiger partial charge on any atom is 0.341 e. The van der Waals surface area contributed by atoms with Crippen molar-refractivity contribution in [2.24, 2.45) is 0 Å². The van der Waals surface area contributed by atoms with Crippen molar-refractivity contribution in [2.75, 3.05) is 19.5 Å².